The number of hydrogen-bond acceptors (Lipinski definition) is 3. The SMILES string of the molecule is CN1C(=O)COc2ccc(CC3CCCN(Cl)C3)cc21. The minimum Gasteiger partial charge on any atom is -0.482 e. The van der Waals surface area contributed by atoms with Crippen molar-refractivity contribution < 1.29 is 9.53 Å². The van der Waals surface area contributed by atoms with E-state index in [1.54, 1.807) is 11.9 Å². The van der Waals surface area contributed by atoms with Gasteiger partial charge < -0.3 is 9.64 Å². The number of carbonyl (C=O) groups excluding carboxylic acids is 1. The molecule has 3 rings (SSSR count). The Morgan fingerprint density at radius 1 is 1.45 bits per heavy atom. The number of anilines is 1. The number of hydrogen-bond donors (Lipinski definition) is 0. The van der Waals surface area contributed by atoms with Gasteiger partial charge in [-0.3, -0.25) is 4.79 Å². The van der Waals surface area contributed by atoms with Gasteiger partial charge in [-0.1, -0.05) is 6.07 Å². The molecule has 20 heavy (non-hydrogen) atoms. The van der Waals surface area contributed by atoms with Crippen molar-refractivity contribution in [1.29, 1.82) is 0 Å². The Kier molecular flexibility index (Phi) is 3.85. The molecule has 0 saturated carbocycles. The van der Waals surface area contributed by atoms with Gasteiger partial charge in [0, 0.05) is 20.1 Å². The lowest BCUT2D eigenvalue weighted by Crippen LogP contribution is -2.35. The minimum atomic E-state index is -0.000695. The third-order valence-corrected chi connectivity index (χ3v) is 4.41. The van der Waals surface area contributed by atoms with Gasteiger partial charge in [0.2, 0.25) is 0 Å². The third-order valence-electron chi connectivity index (χ3n) is 4.10. The second-order valence-corrected chi connectivity index (χ2v) is 6.10. The molecule has 0 aromatic heterocycles. The van der Waals surface area contributed by atoms with Crippen molar-refractivity contribution in [2.75, 3.05) is 31.6 Å². The Morgan fingerprint density at radius 3 is 3.10 bits per heavy atom. The highest BCUT2D eigenvalue weighted by Gasteiger charge is 2.24. The van der Waals surface area contributed by atoms with Crippen LogP contribution >= 0.6 is 11.8 Å². The lowest BCUT2D eigenvalue weighted by atomic mass is 9.92. The molecule has 108 valence electrons. The fourth-order valence-corrected chi connectivity index (χ4v) is 3.27. The maximum absolute atomic E-state index is 11.7. The summed E-state index contributed by atoms with van der Waals surface area (Å²) in [6.07, 6.45) is 3.37. The van der Waals surface area contributed by atoms with Crippen LogP contribution in [0.4, 0.5) is 5.69 Å². The van der Waals surface area contributed by atoms with Crippen LogP contribution in [0.2, 0.25) is 0 Å². The lowest BCUT2D eigenvalue weighted by molar-refractivity contribution is -0.120. The maximum Gasteiger partial charge on any atom is 0.264 e. The number of rotatable bonds is 2. The fourth-order valence-electron chi connectivity index (χ4n) is 2.96. The predicted octanol–water partition coefficient (Wildman–Crippen LogP) is 2.45. The number of piperidine rings is 1. The zero-order valence-corrected chi connectivity index (χ0v) is 12.4. The van der Waals surface area contributed by atoms with Crippen LogP contribution in [0, 0.1) is 5.92 Å². The van der Waals surface area contributed by atoms with Crippen molar-refractivity contribution in [2.24, 2.45) is 5.92 Å². The molecule has 2 aliphatic rings. The van der Waals surface area contributed by atoms with Crippen LogP contribution in [-0.4, -0.2) is 37.1 Å². The predicted molar refractivity (Wildman–Crippen MR) is 79.2 cm³/mol. The topological polar surface area (TPSA) is 32.8 Å². The molecule has 0 spiro atoms. The molecule has 1 aromatic rings. The van der Waals surface area contributed by atoms with Crippen LogP contribution in [0.25, 0.3) is 0 Å². The number of likely N-dealkylation sites (N-methyl/N-ethyl adjacent to an activating group) is 1. The van der Waals surface area contributed by atoms with Gasteiger partial charge in [0.15, 0.2) is 6.61 Å². The number of amides is 1. The van der Waals surface area contributed by atoms with Crippen LogP contribution in [0.5, 0.6) is 5.75 Å². The van der Waals surface area contributed by atoms with Crippen molar-refractivity contribution in [1.82, 2.24) is 4.42 Å². The van der Waals surface area contributed by atoms with E-state index in [1.165, 1.54) is 12.0 Å². The van der Waals surface area contributed by atoms with Gasteiger partial charge in [-0.15, -0.1) is 0 Å². The summed E-state index contributed by atoms with van der Waals surface area (Å²) in [6, 6.07) is 6.13. The summed E-state index contributed by atoms with van der Waals surface area (Å²) in [5, 5.41) is 0. The van der Waals surface area contributed by atoms with Gasteiger partial charge in [0.05, 0.1) is 5.69 Å². The summed E-state index contributed by atoms with van der Waals surface area (Å²) in [5.74, 6) is 1.38. The smallest absolute Gasteiger partial charge is 0.264 e. The number of halogens is 1. The Hall–Kier alpha value is -1.26. The van der Waals surface area contributed by atoms with E-state index in [-0.39, 0.29) is 12.5 Å². The Bertz CT molecular complexity index is 521. The summed E-state index contributed by atoms with van der Waals surface area (Å²) in [5.41, 5.74) is 2.11. The maximum atomic E-state index is 11.7. The van der Waals surface area contributed by atoms with E-state index in [9.17, 15) is 4.79 Å². The second kappa shape index (κ2) is 5.62. The molecular formula is C15H19ClN2O2. The third kappa shape index (κ3) is 2.76. The molecule has 1 amide bonds. The number of fused-ring (bicyclic) bond motifs is 1. The van der Waals surface area contributed by atoms with Crippen LogP contribution in [0.15, 0.2) is 18.2 Å². The van der Waals surface area contributed by atoms with E-state index in [0.29, 0.717) is 5.92 Å². The molecule has 2 heterocycles. The zero-order valence-electron chi connectivity index (χ0n) is 11.6. The van der Waals surface area contributed by atoms with E-state index in [4.69, 9.17) is 16.5 Å². The average Bonchev–Trinajstić information content (AvgIpc) is 2.43. The molecule has 1 unspecified atom stereocenters. The Balaban J connectivity index is 1.76. The summed E-state index contributed by atoms with van der Waals surface area (Å²) in [6.45, 7) is 2.05. The van der Waals surface area contributed by atoms with E-state index < -0.39 is 0 Å². The quantitative estimate of drug-likeness (QED) is 0.786. The van der Waals surface area contributed by atoms with Gasteiger partial charge >= 0.3 is 0 Å². The normalized spacial score (nSPS) is 23.4. The molecule has 4 nitrogen and oxygen atoms in total. The van der Waals surface area contributed by atoms with Gasteiger partial charge in [0.25, 0.3) is 5.91 Å². The van der Waals surface area contributed by atoms with E-state index in [2.05, 4.69) is 12.1 Å². The van der Waals surface area contributed by atoms with Crippen molar-refractivity contribution in [3.8, 4) is 5.75 Å². The van der Waals surface area contributed by atoms with Gasteiger partial charge in [-0.05, 0) is 54.7 Å². The van der Waals surface area contributed by atoms with Crippen LogP contribution in [-0.2, 0) is 11.2 Å². The highest BCUT2D eigenvalue weighted by molar-refractivity contribution is 6.13. The number of carbonyl (C=O) groups is 1. The van der Waals surface area contributed by atoms with E-state index >= 15 is 0 Å². The molecule has 0 aliphatic carbocycles. The van der Waals surface area contributed by atoms with Crippen LogP contribution in [0.3, 0.4) is 0 Å². The molecule has 2 aliphatic heterocycles. The monoisotopic (exact) mass is 294 g/mol. The first kappa shape index (κ1) is 13.7. The molecule has 1 atom stereocenters. The first-order valence-electron chi connectivity index (χ1n) is 7.06. The van der Waals surface area contributed by atoms with E-state index in [0.717, 1.165) is 37.4 Å². The highest BCUT2D eigenvalue weighted by Crippen LogP contribution is 2.33. The molecule has 1 aromatic carbocycles. The minimum absolute atomic E-state index is 0.000695. The van der Waals surface area contributed by atoms with Crippen LogP contribution < -0.4 is 9.64 Å². The molecule has 0 bridgehead atoms. The van der Waals surface area contributed by atoms with Crippen molar-refractivity contribution in [2.45, 2.75) is 19.3 Å². The zero-order chi connectivity index (χ0) is 14.1. The highest BCUT2D eigenvalue weighted by atomic mass is 35.5. The molecule has 1 fully saturated rings. The van der Waals surface area contributed by atoms with Crippen molar-refractivity contribution in [3.63, 3.8) is 0 Å². The van der Waals surface area contributed by atoms with Gasteiger partial charge in [0.1, 0.15) is 5.75 Å². The number of ether oxygens (including phenoxy) is 1. The fraction of sp³-hybridized carbons (Fsp3) is 0.533. The van der Waals surface area contributed by atoms with Crippen molar-refractivity contribution in [3.05, 3.63) is 23.8 Å². The summed E-state index contributed by atoms with van der Waals surface area (Å²) >= 11 is 6.10. The number of nitrogens with zero attached hydrogens (tertiary/aromatic N) is 2. The molecule has 5 heteroatoms. The van der Waals surface area contributed by atoms with Gasteiger partial charge in [-0.2, -0.15) is 0 Å². The molecule has 0 N–H and O–H groups in total. The molecule has 0 radical (unpaired) electrons. The molecular weight excluding hydrogens is 276 g/mol. The molecule has 1 saturated heterocycles. The van der Waals surface area contributed by atoms with E-state index in [1.807, 2.05) is 10.5 Å². The summed E-state index contributed by atoms with van der Waals surface area (Å²) < 4.78 is 7.33. The Labute approximate surface area is 124 Å². The lowest BCUT2D eigenvalue weighted by Gasteiger charge is -2.29. The standard InChI is InChI=1S/C15H19ClN2O2/c1-17-13-8-11(4-5-14(13)20-10-15(17)19)7-12-3-2-6-18(16)9-12/h4-5,8,12H,2-3,6-7,9-10H2,1H3. The summed E-state index contributed by atoms with van der Waals surface area (Å²) in [7, 11) is 1.80. The van der Waals surface area contributed by atoms with Crippen molar-refractivity contribution >= 4 is 23.4 Å². The average molecular weight is 295 g/mol. The number of benzene rings is 1. The largest absolute Gasteiger partial charge is 0.482 e. The summed E-state index contributed by atoms with van der Waals surface area (Å²) in [4.78, 5) is 13.4. The first-order chi connectivity index (χ1) is 9.63. The van der Waals surface area contributed by atoms with Crippen LogP contribution in [0.1, 0.15) is 18.4 Å². The Morgan fingerprint density at radius 2 is 2.30 bits per heavy atom. The second-order valence-electron chi connectivity index (χ2n) is 5.62. The first-order valence-corrected chi connectivity index (χ1v) is 7.40. The van der Waals surface area contributed by atoms with Gasteiger partial charge in [-0.25, -0.2) is 4.42 Å².